The third-order valence-corrected chi connectivity index (χ3v) is 5.93. The van der Waals surface area contributed by atoms with Crippen molar-refractivity contribution in [1.29, 1.82) is 0 Å². The number of aromatic nitrogens is 1. The lowest BCUT2D eigenvalue weighted by atomic mass is 10.0. The molecule has 10 N–H and O–H groups in total. The van der Waals surface area contributed by atoms with Crippen molar-refractivity contribution in [3.8, 4) is 0 Å². The molecule has 0 aliphatic rings. The number of aliphatic carboxylic acids is 2. The zero-order valence-electron chi connectivity index (χ0n) is 20.2. The molecule has 1 aromatic carbocycles. The van der Waals surface area contributed by atoms with Crippen LogP contribution in [0.3, 0.4) is 0 Å². The first-order chi connectivity index (χ1) is 17.9. The van der Waals surface area contributed by atoms with Crippen LogP contribution in [0.25, 0.3) is 10.9 Å². The van der Waals surface area contributed by atoms with Gasteiger partial charge in [0.25, 0.3) is 0 Å². The number of amides is 4. The van der Waals surface area contributed by atoms with E-state index in [0.29, 0.717) is 0 Å². The molecule has 0 saturated heterocycles. The van der Waals surface area contributed by atoms with Crippen molar-refractivity contribution in [2.45, 2.75) is 49.9 Å². The monoisotopic (exact) mass is 550 g/mol. The van der Waals surface area contributed by atoms with Gasteiger partial charge in [-0.1, -0.05) is 18.2 Å². The van der Waals surface area contributed by atoms with Gasteiger partial charge in [-0.15, -0.1) is 0 Å². The molecule has 0 bridgehead atoms. The number of rotatable bonds is 15. The average Bonchev–Trinajstić information content (AvgIpc) is 3.26. The van der Waals surface area contributed by atoms with Crippen molar-refractivity contribution in [3.63, 3.8) is 0 Å². The standard InChI is InChI=1S/C23H30N6O8S/c24-13(7-11-9-26-14-4-2-1-3-12(11)14)20(33)27-15(5-6-19(31)32)21(34)29-17(10-38)22(35)28-16(23(36)37)8-18(25)30/h1-4,9,13,15-17,26,38H,5-8,10,24H2,(H2,25,30)(H,27,33)(H,28,35)(H,29,34)(H,31,32)(H,36,37). The van der Waals surface area contributed by atoms with Crippen LogP contribution in [0.1, 0.15) is 24.8 Å². The van der Waals surface area contributed by atoms with Gasteiger partial charge in [0.15, 0.2) is 0 Å². The van der Waals surface area contributed by atoms with E-state index in [1.807, 2.05) is 24.3 Å². The molecule has 2 rings (SSSR count). The lowest BCUT2D eigenvalue weighted by Gasteiger charge is -2.24. The summed E-state index contributed by atoms with van der Waals surface area (Å²) in [7, 11) is 0. The highest BCUT2D eigenvalue weighted by molar-refractivity contribution is 7.80. The van der Waals surface area contributed by atoms with Gasteiger partial charge in [-0.25, -0.2) is 4.79 Å². The highest BCUT2D eigenvalue weighted by Gasteiger charge is 2.30. The van der Waals surface area contributed by atoms with Gasteiger partial charge in [-0.3, -0.25) is 24.0 Å². The Morgan fingerprint density at radius 3 is 2.13 bits per heavy atom. The number of carbonyl (C=O) groups is 6. The molecule has 206 valence electrons. The Bertz CT molecular complexity index is 1200. The fraction of sp³-hybridized carbons (Fsp3) is 0.391. The van der Waals surface area contributed by atoms with Gasteiger partial charge in [0.05, 0.1) is 12.5 Å². The second kappa shape index (κ2) is 14.0. The van der Waals surface area contributed by atoms with E-state index in [1.54, 1.807) is 6.20 Å². The van der Waals surface area contributed by atoms with Gasteiger partial charge >= 0.3 is 11.9 Å². The summed E-state index contributed by atoms with van der Waals surface area (Å²) in [4.78, 5) is 74.8. The number of carboxylic acid groups (broad SMARTS) is 2. The summed E-state index contributed by atoms with van der Waals surface area (Å²) in [6, 6.07) is 1.94. The number of aromatic amines is 1. The number of carboxylic acids is 2. The van der Waals surface area contributed by atoms with E-state index in [9.17, 15) is 33.9 Å². The lowest BCUT2D eigenvalue weighted by molar-refractivity contribution is -0.143. The van der Waals surface area contributed by atoms with Gasteiger partial charge in [0, 0.05) is 29.3 Å². The quantitative estimate of drug-likeness (QED) is 0.114. The number of nitrogens with two attached hydrogens (primary N) is 2. The SMILES string of the molecule is NC(=O)CC(NC(=O)C(CS)NC(=O)C(CCC(=O)O)NC(=O)C(N)Cc1c[nH]c2ccccc12)C(=O)O. The minimum Gasteiger partial charge on any atom is -0.481 e. The first kappa shape index (κ1) is 30.1. The van der Waals surface area contributed by atoms with Crippen LogP contribution in [0.15, 0.2) is 30.5 Å². The molecular weight excluding hydrogens is 520 g/mol. The maximum atomic E-state index is 12.9. The number of hydrogen-bond acceptors (Lipinski definition) is 8. The number of nitrogens with one attached hydrogen (secondary N) is 4. The van der Waals surface area contributed by atoms with Crippen LogP contribution in [-0.2, 0) is 35.2 Å². The first-order valence-electron chi connectivity index (χ1n) is 11.5. The zero-order chi connectivity index (χ0) is 28.4. The fourth-order valence-corrected chi connectivity index (χ4v) is 3.84. The van der Waals surface area contributed by atoms with Gasteiger partial charge in [-0.05, 0) is 24.5 Å². The molecule has 4 amide bonds. The molecule has 0 saturated carbocycles. The predicted octanol–water partition coefficient (Wildman–Crippen LogP) is -1.75. The van der Waals surface area contributed by atoms with Gasteiger partial charge in [-0.2, -0.15) is 12.6 Å². The molecule has 0 radical (unpaired) electrons. The molecule has 38 heavy (non-hydrogen) atoms. The summed E-state index contributed by atoms with van der Waals surface area (Å²) >= 11 is 3.99. The van der Waals surface area contributed by atoms with E-state index in [1.165, 1.54) is 0 Å². The predicted molar refractivity (Wildman–Crippen MR) is 138 cm³/mol. The van der Waals surface area contributed by atoms with Crippen LogP contribution in [0.2, 0.25) is 0 Å². The van der Waals surface area contributed by atoms with E-state index >= 15 is 0 Å². The van der Waals surface area contributed by atoms with Crippen LogP contribution in [-0.4, -0.2) is 80.7 Å². The molecule has 0 aliphatic heterocycles. The second-order valence-electron chi connectivity index (χ2n) is 8.48. The van der Waals surface area contributed by atoms with Crippen molar-refractivity contribution in [2.75, 3.05) is 5.75 Å². The number of primary amides is 1. The smallest absolute Gasteiger partial charge is 0.326 e. The summed E-state index contributed by atoms with van der Waals surface area (Å²) in [5.41, 5.74) is 12.7. The molecule has 0 spiro atoms. The fourth-order valence-electron chi connectivity index (χ4n) is 3.59. The van der Waals surface area contributed by atoms with Crippen molar-refractivity contribution >= 4 is 59.1 Å². The molecule has 1 heterocycles. The third kappa shape index (κ3) is 8.77. The highest BCUT2D eigenvalue weighted by atomic mass is 32.1. The first-order valence-corrected chi connectivity index (χ1v) is 12.1. The number of hydrogen-bond donors (Lipinski definition) is 9. The Labute approximate surface area is 222 Å². The van der Waals surface area contributed by atoms with E-state index in [2.05, 4.69) is 33.6 Å². The summed E-state index contributed by atoms with van der Waals surface area (Å²) in [6.45, 7) is 0. The number of H-pyrrole nitrogens is 1. The Balaban J connectivity index is 2.09. The molecule has 0 fully saturated rings. The molecule has 0 aliphatic carbocycles. The normalized spacial score (nSPS) is 14.1. The van der Waals surface area contributed by atoms with Crippen LogP contribution in [0.5, 0.6) is 0 Å². The van der Waals surface area contributed by atoms with Crippen molar-refractivity contribution in [1.82, 2.24) is 20.9 Å². The Hall–Kier alpha value is -4.11. The summed E-state index contributed by atoms with van der Waals surface area (Å²) in [5, 5.41) is 25.9. The summed E-state index contributed by atoms with van der Waals surface area (Å²) < 4.78 is 0. The molecule has 4 unspecified atom stereocenters. The second-order valence-corrected chi connectivity index (χ2v) is 8.84. The van der Waals surface area contributed by atoms with Crippen LogP contribution >= 0.6 is 12.6 Å². The van der Waals surface area contributed by atoms with E-state index in [4.69, 9.17) is 16.6 Å². The number of carbonyl (C=O) groups excluding carboxylic acids is 4. The van der Waals surface area contributed by atoms with Gasteiger partial charge in [0.1, 0.15) is 18.1 Å². The van der Waals surface area contributed by atoms with E-state index < -0.39 is 72.6 Å². The maximum Gasteiger partial charge on any atom is 0.326 e. The van der Waals surface area contributed by atoms with E-state index in [-0.39, 0.29) is 18.6 Å². The van der Waals surface area contributed by atoms with Gasteiger partial charge < -0.3 is 42.6 Å². The topological polar surface area (TPSA) is 247 Å². The largest absolute Gasteiger partial charge is 0.481 e. The number of thiol groups is 1. The van der Waals surface area contributed by atoms with Crippen LogP contribution in [0, 0.1) is 0 Å². The average molecular weight is 551 g/mol. The number of benzene rings is 1. The van der Waals surface area contributed by atoms with Crippen LogP contribution in [0.4, 0.5) is 0 Å². The summed E-state index contributed by atoms with van der Waals surface area (Å²) in [6.07, 6.45) is 0.368. The molecule has 15 heteroatoms. The van der Waals surface area contributed by atoms with Crippen molar-refractivity contribution in [3.05, 3.63) is 36.0 Å². The molecule has 4 atom stereocenters. The molecule has 2 aromatic rings. The number of para-hydroxylation sites is 1. The molecule has 14 nitrogen and oxygen atoms in total. The minimum absolute atomic E-state index is 0.126. The van der Waals surface area contributed by atoms with Crippen molar-refractivity contribution < 1.29 is 39.0 Å². The third-order valence-electron chi connectivity index (χ3n) is 5.57. The molecular formula is C23H30N6O8S. The highest BCUT2D eigenvalue weighted by Crippen LogP contribution is 2.18. The minimum atomic E-state index is -1.63. The summed E-state index contributed by atoms with van der Waals surface area (Å²) in [5.74, 6) is -6.59. The van der Waals surface area contributed by atoms with Gasteiger partial charge in [0.2, 0.25) is 23.6 Å². The number of fused-ring (bicyclic) bond motifs is 1. The van der Waals surface area contributed by atoms with E-state index in [0.717, 1.165) is 16.5 Å². The van der Waals surface area contributed by atoms with Crippen LogP contribution < -0.4 is 27.4 Å². The van der Waals surface area contributed by atoms with Crippen molar-refractivity contribution in [2.24, 2.45) is 11.5 Å². The molecule has 1 aromatic heterocycles. The Morgan fingerprint density at radius 1 is 0.921 bits per heavy atom. The lowest BCUT2D eigenvalue weighted by Crippen LogP contribution is -2.58. The zero-order valence-corrected chi connectivity index (χ0v) is 21.1. The maximum absolute atomic E-state index is 12.9. The Kier molecular flexibility index (Phi) is 11.1. The Morgan fingerprint density at radius 2 is 1.53 bits per heavy atom.